The van der Waals surface area contributed by atoms with E-state index >= 15 is 0 Å². The average molecular weight is 234 g/mol. The van der Waals surface area contributed by atoms with Gasteiger partial charge in [-0.2, -0.15) is 0 Å². The molecule has 1 aromatic carbocycles. The summed E-state index contributed by atoms with van der Waals surface area (Å²) in [6, 6.07) is 7.34. The second-order valence-corrected chi connectivity index (χ2v) is 4.30. The SMILES string of the molecule is Cc1cn(C)cc(-c2cccc(Cl)c2)c1=O. The largest absolute Gasteiger partial charge is 0.356 e. The van der Waals surface area contributed by atoms with Crippen LogP contribution in [-0.2, 0) is 7.05 Å². The molecule has 0 spiro atoms. The molecule has 0 aliphatic rings. The third kappa shape index (κ3) is 2.02. The molecule has 3 heteroatoms. The number of hydrogen-bond donors (Lipinski definition) is 0. The van der Waals surface area contributed by atoms with E-state index in [0.29, 0.717) is 10.6 Å². The fraction of sp³-hybridized carbons (Fsp3) is 0.154. The van der Waals surface area contributed by atoms with Crippen LogP contribution in [0.5, 0.6) is 0 Å². The summed E-state index contributed by atoms with van der Waals surface area (Å²) in [6.45, 7) is 1.82. The van der Waals surface area contributed by atoms with Crippen molar-refractivity contribution in [3.63, 3.8) is 0 Å². The van der Waals surface area contributed by atoms with Gasteiger partial charge in [0.25, 0.3) is 0 Å². The molecule has 0 bridgehead atoms. The summed E-state index contributed by atoms with van der Waals surface area (Å²) in [5.41, 5.74) is 2.34. The zero-order valence-corrected chi connectivity index (χ0v) is 9.95. The van der Waals surface area contributed by atoms with Crippen molar-refractivity contribution < 1.29 is 0 Å². The van der Waals surface area contributed by atoms with Gasteiger partial charge in [-0.25, -0.2) is 0 Å². The Hall–Kier alpha value is -1.54. The number of benzene rings is 1. The van der Waals surface area contributed by atoms with Crippen LogP contribution in [0.25, 0.3) is 11.1 Å². The Morgan fingerprint density at radius 2 is 2.00 bits per heavy atom. The van der Waals surface area contributed by atoms with E-state index in [1.54, 1.807) is 12.1 Å². The molecule has 0 saturated carbocycles. The fourth-order valence-electron chi connectivity index (χ4n) is 1.74. The molecule has 0 atom stereocenters. The topological polar surface area (TPSA) is 22.0 Å². The molecule has 0 N–H and O–H groups in total. The standard InChI is InChI=1S/C13H12ClNO/c1-9-7-15(2)8-12(13(9)16)10-4-3-5-11(14)6-10/h3-8H,1-2H3. The maximum absolute atomic E-state index is 12.0. The molecule has 0 fully saturated rings. The van der Waals surface area contributed by atoms with Gasteiger partial charge in [-0.3, -0.25) is 4.79 Å². The van der Waals surface area contributed by atoms with Gasteiger partial charge in [0, 0.05) is 35.6 Å². The lowest BCUT2D eigenvalue weighted by molar-refractivity contribution is 0.891. The van der Waals surface area contributed by atoms with Crippen LogP contribution in [0.2, 0.25) is 5.02 Å². The van der Waals surface area contributed by atoms with Crippen molar-refractivity contribution in [1.82, 2.24) is 4.57 Å². The van der Waals surface area contributed by atoms with Gasteiger partial charge in [0.15, 0.2) is 5.43 Å². The summed E-state index contributed by atoms with van der Waals surface area (Å²) in [5.74, 6) is 0. The van der Waals surface area contributed by atoms with Crippen LogP contribution in [0.1, 0.15) is 5.56 Å². The molecular weight excluding hydrogens is 222 g/mol. The first-order valence-corrected chi connectivity index (χ1v) is 5.38. The molecule has 2 aromatic rings. The second-order valence-electron chi connectivity index (χ2n) is 3.86. The number of hydrogen-bond acceptors (Lipinski definition) is 1. The minimum absolute atomic E-state index is 0.0559. The molecule has 1 aromatic heterocycles. The normalized spacial score (nSPS) is 10.4. The van der Waals surface area contributed by atoms with E-state index in [0.717, 1.165) is 11.1 Å². The minimum atomic E-state index is 0.0559. The maximum atomic E-state index is 12.0. The van der Waals surface area contributed by atoms with Crippen molar-refractivity contribution in [2.24, 2.45) is 7.05 Å². The first-order valence-electron chi connectivity index (χ1n) is 5.01. The predicted octanol–water partition coefficient (Wildman–Crippen LogP) is 3.01. The molecule has 0 aliphatic heterocycles. The van der Waals surface area contributed by atoms with Gasteiger partial charge < -0.3 is 4.57 Å². The Bertz CT molecular complexity index is 587. The molecule has 0 aliphatic carbocycles. The molecule has 2 rings (SSSR count). The van der Waals surface area contributed by atoms with Gasteiger partial charge in [0.2, 0.25) is 0 Å². The number of rotatable bonds is 1. The van der Waals surface area contributed by atoms with Crippen molar-refractivity contribution in [2.75, 3.05) is 0 Å². The smallest absolute Gasteiger partial charge is 0.192 e. The summed E-state index contributed by atoms with van der Waals surface area (Å²) >= 11 is 5.92. The van der Waals surface area contributed by atoms with Crippen LogP contribution >= 0.6 is 11.6 Å². The Morgan fingerprint density at radius 3 is 2.69 bits per heavy atom. The zero-order chi connectivity index (χ0) is 11.7. The number of aromatic nitrogens is 1. The van der Waals surface area contributed by atoms with E-state index in [1.807, 2.05) is 43.1 Å². The Balaban J connectivity index is 2.69. The summed E-state index contributed by atoms with van der Waals surface area (Å²) in [7, 11) is 1.90. The lowest BCUT2D eigenvalue weighted by Crippen LogP contribution is -2.11. The third-order valence-electron chi connectivity index (χ3n) is 2.47. The Morgan fingerprint density at radius 1 is 1.25 bits per heavy atom. The van der Waals surface area contributed by atoms with Gasteiger partial charge in [-0.15, -0.1) is 0 Å². The van der Waals surface area contributed by atoms with Crippen LogP contribution in [0.3, 0.4) is 0 Å². The van der Waals surface area contributed by atoms with Crippen molar-refractivity contribution in [3.8, 4) is 11.1 Å². The first kappa shape index (κ1) is 11.0. The molecule has 1 heterocycles. The summed E-state index contributed by atoms with van der Waals surface area (Å²) < 4.78 is 1.88. The lowest BCUT2D eigenvalue weighted by Gasteiger charge is -2.06. The van der Waals surface area contributed by atoms with Gasteiger partial charge in [0.05, 0.1) is 0 Å². The highest BCUT2D eigenvalue weighted by Crippen LogP contribution is 2.19. The van der Waals surface area contributed by atoms with Crippen LogP contribution < -0.4 is 5.43 Å². The van der Waals surface area contributed by atoms with E-state index in [4.69, 9.17) is 11.6 Å². The minimum Gasteiger partial charge on any atom is -0.356 e. The van der Waals surface area contributed by atoms with Gasteiger partial charge in [-0.1, -0.05) is 23.7 Å². The third-order valence-corrected chi connectivity index (χ3v) is 2.70. The molecular formula is C13H12ClNO. The van der Waals surface area contributed by atoms with Gasteiger partial charge in [-0.05, 0) is 24.6 Å². The number of halogens is 1. The number of aryl methyl sites for hydroxylation is 2. The van der Waals surface area contributed by atoms with E-state index in [2.05, 4.69) is 0 Å². The first-order chi connectivity index (χ1) is 7.58. The van der Waals surface area contributed by atoms with Gasteiger partial charge in [0.1, 0.15) is 0 Å². The molecule has 0 amide bonds. The van der Waals surface area contributed by atoms with E-state index < -0.39 is 0 Å². The number of pyridine rings is 1. The highest BCUT2D eigenvalue weighted by atomic mass is 35.5. The fourth-order valence-corrected chi connectivity index (χ4v) is 1.93. The van der Waals surface area contributed by atoms with Crippen LogP contribution in [0, 0.1) is 6.92 Å². The van der Waals surface area contributed by atoms with Crippen molar-refractivity contribution in [2.45, 2.75) is 6.92 Å². The molecule has 0 unspecified atom stereocenters. The molecule has 0 radical (unpaired) electrons. The van der Waals surface area contributed by atoms with E-state index in [1.165, 1.54) is 0 Å². The lowest BCUT2D eigenvalue weighted by atomic mass is 10.1. The monoisotopic (exact) mass is 233 g/mol. The summed E-state index contributed by atoms with van der Waals surface area (Å²) in [5, 5.41) is 0.640. The van der Waals surface area contributed by atoms with Crippen molar-refractivity contribution in [1.29, 1.82) is 0 Å². The van der Waals surface area contributed by atoms with Crippen LogP contribution in [0.4, 0.5) is 0 Å². The van der Waals surface area contributed by atoms with Crippen molar-refractivity contribution >= 4 is 11.6 Å². The maximum Gasteiger partial charge on any atom is 0.192 e. The highest BCUT2D eigenvalue weighted by molar-refractivity contribution is 6.30. The molecule has 82 valence electrons. The Kier molecular flexibility index (Phi) is 2.84. The summed E-state index contributed by atoms with van der Waals surface area (Å²) in [6.07, 6.45) is 3.64. The molecule has 0 saturated heterocycles. The van der Waals surface area contributed by atoms with Gasteiger partial charge >= 0.3 is 0 Å². The van der Waals surface area contributed by atoms with E-state index in [-0.39, 0.29) is 5.43 Å². The van der Waals surface area contributed by atoms with Crippen molar-refractivity contribution in [3.05, 3.63) is 57.5 Å². The summed E-state index contributed by atoms with van der Waals surface area (Å²) in [4.78, 5) is 12.0. The second kappa shape index (κ2) is 4.14. The average Bonchev–Trinajstić information content (AvgIpc) is 2.23. The Labute approximate surface area is 99.1 Å². The molecule has 16 heavy (non-hydrogen) atoms. The number of nitrogens with zero attached hydrogens (tertiary/aromatic N) is 1. The molecule has 2 nitrogen and oxygen atoms in total. The van der Waals surface area contributed by atoms with E-state index in [9.17, 15) is 4.79 Å². The predicted molar refractivity (Wildman–Crippen MR) is 66.9 cm³/mol. The van der Waals surface area contributed by atoms with Crippen LogP contribution in [0.15, 0.2) is 41.5 Å². The highest BCUT2D eigenvalue weighted by Gasteiger charge is 2.06. The zero-order valence-electron chi connectivity index (χ0n) is 9.20. The quantitative estimate of drug-likeness (QED) is 0.742. The van der Waals surface area contributed by atoms with Crippen LogP contribution in [-0.4, -0.2) is 4.57 Å².